The second-order valence-corrected chi connectivity index (χ2v) is 12.2. The Balaban J connectivity index is 4.37. The summed E-state index contributed by atoms with van der Waals surface area (Å²) in [5, 5.41) is 0. The Morgan fingerprint density at radius 3 is 2.00 bits per heavy atom. The van der Waals surface area contributed by atoms with E-state index in [9.17, 15) is 0 Å². The van der Waals surface area contributed by atoms with Crippen molar-refractivity contribution in [2.75, 3.05) is 0 Å². The normalized spacial score (nSPS) is 14.0. The van der Waals surface area contributed by atoms with Crippen molar-refractivity contribution in [2.24, 2.45) is 0 Å². The van der Waals surface area contributed by atoms with E-state index in [1.54, 1.807) is 0 Å². The van der Waals surface area contributed by atoms with Crippen LogP contribution in [-0.2, 0) is 4.12 Å². The highest BCUT2D eigenvalue weighted by atomic mass is 35.5. The highest BCUT2D eigenvalue weighted by Gasteiger charge is 2.44. The number of hydrogen-bond donors (Lipinski definition) is 0. The molecular formula is C7H17Cl2OSi2. The molecular weight excluding hydrogens is 227 g/mol. The number of hydrogen-bond acceptors (Lipinski definition) is 1. The third kappa shape index (κ3) is 3.38. The second-order valence-electron chi connectivity index (χ2n) is 3.58. The van der Waals surface area contributed by atoms with E-state index in [4.69, 9.17) is 27.3 Å². The molecule has 0 saturated carbocycles. The molecule has 0 N–H and O–H groups in total. The van der Waals surface area contributed by atoms with Crippen molar-refractivity contribution in [3.63, 3.8) is 0 Å². The van der Waals surface area contributed by atoms with Crippen molar-refractivity contribution >= 4 is 40.6 Å². The Hall–Kier alpha value is 0.974. The topological polar surface area (TPSA) is 9.23 Å². The summed E-state index contributed by atoms with van der Waals surface area (Å²) in [5.74, 6) is 0. The molecule has 0 aliphatic rings. The van der Waals surface area contributed by atoms with E-state index in [-0.39, 0.29) is 0 Å². The van der Waals surface area contributed by atoms with Gasteiger partial charge in [0.1, 0.15) is 3.96 Å². The first-order valence-electron chi connectivity index (χ1n) is 4.10. The molecule has 0 atom stereocenters. The lowest BCUT2D eigenvalue weighted by molar-refractivity contribution is 0.554. The van der Waals surface area contributed by atoms with Gasteiger partial charge in [0.2, 0.25) is 8.32 Å². The Labute approximate surface area is 88.3 Å². The van der Waals surface area contributed by atoms with Crippen LogP contribution in [0, 0.1) is 0 Å². The molecule has 0 saturated heterocycles. The molecule has 0 rings (SSSR count). The molecule has 0 unspecified atom stereocenters. The minimum atomic E-state index is -1.92. The summed E-state index contributed by atoms with van der Waals surface area (Å²) >= 11 is 12.3. The van der Waals surface area contributed by atoms with Gasteiger partial charge in [-0.2, -0.15) is 0 Å². The lowest BCUT2D eigenvalue weighted by atomic mass is 10.6. The van der Waals surface area contributed by atoms with Crippen LogP contribution >= 0.6 is 23.2 Å². The van der Waals surface area contributed by atoms with Gasteiger partial charge in [-0.05, 0) is 32.6 Å². The number of rotatable bonds is 4. The Morgan fingerprint density at radius 1 is 1.33 bits per heavy atom. The van der Waals surface area contributed by atoms with E-state index in [1.165, 1.54) is 0 Å². The van der Waals surface area contributed by atoms with Crippen molar-refractivity contribution in [3.05, 3.63) is 0 Å². The number of halogens is 2. The average molecular weight is 244 g/mol. The summed E-state index contributed by atoms with van der Waals surface area (Å²) in [4.78, 5) is 0. The molecule has 0 bridgehead atoms. The maximum Gasteiger partial charge on any atom is 0.211 e. The fourth-order valence-corrected chi connectivity index (χ4v) is 7.24. The van der Waals surface area contributed by atoms with Crippen LogP contribution in [0.1, 0.15) is 13.3 Å². The van der Waals surface area contributed by atoms with Crippen molar-refractivity contribution in [3.8, 4) is 0 Å². The van der Waals surface area contributed by atoms with Gasteiger partial charge in [-0.3, -0.25) is 0 Å². The monoisotopic (exact) mass is 243 g/mol. The summed E-state index contributed by atoms with van der Waals surface area (Å²) in [5.41, 5.74) is 0. The molecule has 0 amide bonds. The van der Waals surface area contributed by atoms with E-state index in [2.05, 4.69) is 26.2 Å². The van der Waals surface area contributed by atoms with Crippen LogP contribution in [0.2, 0.25) is 26.2 Å². The molecule has 12 heavy (non-hydrogen) atoms. The zero-order valence-corrected chi connectivity index (χ0v) is 11.9. The van der Waals surface area contributed by atoms with Gasteiger partial charge >= 0.3 is 0 Å². The maximum absolute atomic E-state index is 6.17. The number of alkyl halides is 2. The largest absolute Gasteiger partial charge is 0.454 e. The molecule has 0 aliphatic heterocycles. The van der Waals surface area contributed by atoms with Crippen LogP contribution in [-0.4, -0.2) is 21.3 Å². The van der Waals surface area contributed by atoms with Crippen molar-refractivity contribution < 1.29 is 4.12 Å². The molecule has 0 aromatic carbocycles. The van der Waals surface area contributed by atoms with Gasteiger partial charge in [-0.15, -0.1) is 23.2 Å². The van der Waals surface area contributed by atoms with E-state index < -0.39 is 21.3 Å². The van der Waals surface area contributed by atoms with Gasteiger partial charge in [-0.1, -0.05) is 6.92 Å². The van der Waals surface area contributed by atoms with Gasteiger partial charge in [0.15, 0.2) is 9.04 Å². The average Bonchev–Trinajstić information content (AvgIpc) is 1.84. The Morgan fingerprint density at radius 2 is 1.75 bits per heavy atom. The molecule has 0 aromatic rings. The lowest BCUT2D eigenvalue weighted by Crippen LogP contribution is -2.51. The van der Waals surface area contributed by atoms with Crippen LogP contribution in [0.4, 0.5) is 0 Å². The van der Waals surface area contributed by atoms with Crippen LogP contribution in [0.25, 0.3) is 0 Å². The minimum Gasteiger partial charge on any atom is -0.454 e. The first kappa shape index (κ1) is 13.0. The Kier molecular flexibility index (Phi) is 4.83. The molecule has 0 aliphatic carbocycles. The summed E-state index contributed by atoms with van der Waals surface area (Å²) < 4.78 is 5.23. The molecule has 73 valence electrons. The highest BCUT2D eigenvalue weighted by Crippen LogP contribution is 2.36. The predicted molar refractivity (Wildman–Crippen MR) is 60.8 cm³/mol. The van der Waals surface area contributed by atoms with Crippen LogP contribution in [0.3, 0.4) is 0 Å². The van der Waals surface area contributed by atoms with Crippen molar-refractivity contribution in [2.45, 2.75) is 43.5 Å². The van der Waals surface area contributed by atoms with E-state index in [0.717, 1.165) is 6.42 Å². The van der Waals surface area contributed by atoms with E-state index in [1.807, 2.05) is 6.92 Å². The molecule has 1 nitrogen and oxygen atoms in total. The maximum atomic E-state index is 6.17. The predicted octanol–water partition coefficient (Wildman–Crippen LogP) is 3.58. The van der Waals surface area contributed by atoms with Gasteiger partial charge in [0.25, 0.3) is 0 Å². The van der Waals surface area contributed by atoms with Crippen LogP contribution in [0.15, 0.2) is 0 Å². The summed E-state index contributed by atoms with van der Waals surface area (Å²) in [6.45, 7) is 10.4. The van der Waals surface area contributed by atoms with Crippen molar-refractivity contribution in [1.82, 2.24) is 0 Å². The van der Waals surface area contributed by atoms with E-state index >= 15 is 0 Å². The van der Waals surface area contributed by atoms with Gasteiger partial charge < -0.3 is 4.12 Å². The first-order valence-corrected chi connectivity index (χ1v) is 10.2. The zero-order valence-electron chi connectivity index (χ0n) is 8.37. The van der Waals surface area contributed by atoms with Crippen molar-refractivity contribution in [1.29, 1.82) is 0 Å². The molecule has 0 spiro atoms. The molecule has 5 heteroatoms. The third-order valence-electron chi connectivity index (χ3n) is 1.78. The summed E-state index contributed by atoms with van der Waals surface area (Å²) in [6.07, 6.45) is 0.754. The fraction of sp³-hybridized carbons (Fsp3) is 1.00. The van der Waals surface area contributed by atoms with Gasteiger partial charge in [-0.25, -0.2) is 0 Å². The molecule has 0 aromatic heterocycles. The fourth-order valence-electron chi connectivity index (χ4n) is 1.01. The smallest absolute Gasteiger partial charge is 0.211 e. The summed E-state index contributed by atoms with van der Waals surface area (Å²) in [7, 11) is -2.61. The third-order valence-corrected chi connectivity index (χ3v) is 10.8. The first-order chi connectivity index (χ1) is 5.23. The molecule has 0 heterocycles. The van der Waals surface area contributed by atoms with Crippen LogP contribution in [0.5, 0.6) is 0 Å². The Bertz CT molecular complexity index is 148. The summed E-state index contributed by atoms with van der Waals surface area (Å²) in [6, 6.07) is 0. The van der Waals surface area contributed by atoms with Crippen LogP contribution < -0.4 is 0 Å². The van der Waals surface area contributed by atoms with Gasteiger partial charge in [0.05, 0.1) is 0 Å². The quantitative estimate of drug-likeness (QED) is 0.542. The standard InChI is InChI=1S/C7H17Cl2OSi2/c1-6-7(8,9)12(4,5)10-11(2)3/h6H2,1-5H3. The van der Waals surface area contributed by atoms with Gasteiger partial charge in [0, 0.05) is 0 Å². The minimum absolute atomic E-state index is 0.644. The molecule has 0 fully saturated rings. The van der Waals surface area contributed by atoms with E-state index in [0.29, 0.717) is 0 Å². The highest BCUT2D eigenvalue weighted by molar-refractivity contribution is 6.93. The second kappa shape index (κ2) is 4.46. The zero-order chi connectivity index (χ0) is 9.99. The molecule has 1 radical (unpaired) electrons. The lowest BCUT2D eigenvalue weighted by Gasteiger charge is -2.35. The SMILES string of the molecule is CCC(Cl)(Cl)[Si](C)(C)O[Si](C)C.